The third-order valence-corrected chi connectivity index (χ3v) is 1.92. The van der Waals surface area contributed by atoms with Gasteiger partial charge in [-0.05, 0) is 0 Å². The first-order valence-electron chi connectivity index (χ1n) is 3.70. The van der Waals surface area contributed by atoms with Gasteiger partial charge in [0.1, 0.15) is 0 Å². The Morgan fingerprint density at radius 2 is 1.29 bits per heavy atom. The molecular weight excluding hydrogens is 188 g/mol. The van der Waals surface area contributed by atoms with E-state index in [1.54, 1.807) is 0 Å². The summed E-state index contributed by atoms with van der Waals surface area (Å²) in [5.74, 6) is 0. The van der Waals surface area contributed by atoms with Gasteiger partial charge in [0.05, 0.1) is 12.4 Å². The van der Waals surface area contributed by atoms with Crippen LogP contribution in [0.2, 0.25) is 0 Å². The molecular formula is C6H2N6O2. The second-order valence-corrected chi connectivity index (χ2v) is 2.67. The van der Waals surface area contributed by atoms with E-state index in [2.05, 4.69) is 20.6 Å². The lowest BCUT2D eigenvalue weighted by molar-refractivity contribution is 0.786. The number of rotatable bonds is 0. The molecule has 14 heavy (non-hydrogen) atoms. The second-order valence-electron chi connectivity index (χ2n) is 2.67. The molecule has 0 bridgehead atoms. The number of aromatic nitrogens is 6. The molecule has 8 heteroatoms. The van der Waals surface area contributed by atoms with Crippen LogP contribution < -0.4 is 11.1 Å². The minimum absolute atomic E-state index is 0.0907. The molecule has 0 aliphatic rings. The van der Waals surface area contributed by atoms with E-state index in [1.807, 2.05) is 0 Å². The topological polar surface area (TPSA) is 94.5 Å². The van der Waals surface area contributed by atoms with Gasteiger partial charge in [-0.15, -0.1) is 10.2 Å². The first-order chi connectivity index (χ1) is 6.79. The zero-order chi connectivity index (χ0) is 9.71. The van der Waals surface area contributed by atoms with E-state index >= 15 is 0 Å². The van der Waals surface area contributed by atoms with Gasteiger partial charge in [0.25, 0.3) is 0 Å². The van der Waals surface area contributed by atoms with Gasteiger partial charge in [0.2, 0.25) is 0 Å². The number of nitrogens with zero attached hydrogens (tertiary/aromatic N) is 6. The highest BCUT2D eigenvalue weighted by atomic mass is 16.2. The van der Waals surface area contributed by atoms with Crippen LogP contribution in [0, 0.1) is 0 Å². The van der Waals surface area contributed by atoms with Crippen LogP contribution in [-0.2, 0) is 0 Å². The van der Waals surface area contributed by atoms with E-state index in [4.69, 9.17) is 0 Å². The molecule has 8 nitrogen and oxygen atoms in total. The van der Waals surface area contributed by atoms with Gasteiger partial charge in [0, 0.05) is 0 Å². The quantitative estimate of drug-likeness (QED) is 0.404. The molecule has 0 aliphatic heterocycles. The van der Waals surface area contributed by atoms with E-state index in [1.165, 1.54) is 12.4 Å². The van der Waals surface area contributed by atoms with E-state index < -0.39 is 11.1 Å². The molecule has 0 radical (unpaired) electrons. The Balaban J connectivity index is 2.88. The third kappa shape index (κ3) is 0.632. The van der Waals surface area contributed by atoms with Crippen molar-refractivity contribution in [3.05, 3.63) is 33.1 Å². The average Bonchev–Trinajstić information content (AvgIpc) is 2.82. The molecule has 3 aromatic heterocycles. The van der Waals surface area contributed by atoms with E-state index in [0.29, 0.717) is 0 Å². The van der Waals surface area contributed by atoms with E-state index in [0.717, 1.165) is 9.03 Å². The fraction of sp³-hybridized carbons (Fsp3) is 0. The van der Waals surface area contributed by atoms with Gasteiger partial charge < -0.3 is 0 Å². The van der Waals surface area contributed by atoms with Gasteiger partial charge in [-0.1, -0.05) is 10.4 Å². The Kier molecular flexibility index (Phi) is 1.06. The van der Waals surface area contributed by atoms with Crippen molar-refractivity contribution in [2.45, 2.75) is 0 Å². The number of hydrogen-bond acceptors (Lipinski definition) is 6. The van der Waals surface area contributed by atoms with Gasteiger partial charge in [0.15, 0.2) is 11.0 Å². The molecule has 68 valence electrons. The maximum Gasteiger partial charge on any atom is 0.300 e. The Morgan fingerprint density at radius 3 is 1.71 bits per heavy atom. The zero-order valence-electron chi connectivity index (χ0n) is 6.65. The summed E-state index contributed by atoms with van der Waals surface area (Å²) >= 11 is 0. The van der Waals surface area contributed by atoms with Crippen molar-refractivity contribution in [2.24, 2.45) is 0 Å². The van der Waals surface area contributed by atoms with Crippen molar-refractivity contribution in [3.63, 3.8) is 0 Å². The minimum Gasteiger partial charge on any atom is -0.265 e. The lowest BCUT2D eigenvalue weighted by Gasteiger charge is -1.89. The van der Waals surface area contributed by atoms with Crippen LogP contribution in [0.3, 0.4) is 0 Å². The van der Waals surface area contributed by atoms with Crippen molar-refractivity contribution >= 4 is 11.0 Å². The molecule has 0 aliphatic carbocycles. The normalized spacial score (nSPS) is 11.4. The predicted octanol–water partition coefficient (Wildman–Crippen LogP) is -2.07. The Labute approximate surface area is 74.7 Å². The van der Waals surface area contributed by atoms with Crippen LogP contribution in [0.25, 0.3) is 11.0 Å². The first kappa shape index (κ1) is 7.06. The van der Waals surface area contributed by atoms with Gasteiger partial charge >= 0.3 is 11.1 Å². The van der Waals surface area contributed by atoms with Crippen molar-refractivity contribution in [1.29, 1.82) is 0 Å². The van der Waals surface area contributed by atoms with E-state index in [9.17, 15) is 9.59 Å². The summed E-state index contributed by atoms with van der Waals surface area (Å²) in [5, 5.41) is 13.9. The third-order valence-electron chi connectivity index (χ3n) is 1.92. The van der Waals surface area contributed by atoms with Crippen LogP contribution >= 0.6 is 0 Å². The lowest BCUT2D eigenvalue weighted by atomic mass is 10.5. The van der Waals surface area contributed by atoms with Crippen molar-refractivity contribution in [3.8, 4) is 0 Å². The highest BCUT2D eigenvalue weighted by Crippen LogP contribution is 1.91. The standard InChI is InChI=1S/C6H2N6O2/c13-5-3-1-7-9-11(3)6(14)4-2-8-10-12(4)5/h1-2H. The maximum atomic E-state index is 11.6. The molecule has 0 saturated heterocycles. The number of hydrogen-bond donors (Lipinski definition) is 0. The fourth-order valence-corrected chi connectivity index (χ4v) is 1.28. The van der Waals surface area contributed by atoms with Crippen LogP contribution in [0.1, 0.15) is 0 Å². The molecule has 3 rings (SSSR count). The SMILES string of the molecule is O=c1c2cnnn2c(=O)c2cnnn12. The molecule has 0 saturated carbocycles. The summed E-state index contributed by atoms with van der Waals surface area (Å²) in [5.41, 5.74) is -0.731. The minimum atomic E-state index is -0.456. The molecule has 0 N–H and O–H groups in total. The highest BCUT2D eigenvalue weighted by Gasteiger charge is 2.11. The Hall–Kier alpha value is -2.38. The highest BCUT2D eigenvalue weighted by molar-refractivity contribution is 5.49. The van der Waals surface area contributed by atoms with Crippen LogP contribution in [0.15, 0.2) is 22.0 Å². The number of fused-ring (bicyclic) bond motifs is 2. The molecule has 0 amide bonds. The molecule has 0 aromatic carbocycles. The summed E-state index contributed by atoms with van der Waals surface area (Å²) in [6.07, 6.45) is 2.43. The van der Waals surface area contributed by atoms with Crippen molar-refractivity contribution < 1.29 is 0 Å². The lowest BCUT2D eigenvalue weighted by Crippen LogP contribution is -2.26. The fourth-order valence-electron chi connectivity index (χ4n) is 1.28. The van der Waals surface area contributed by atoms with Crippen LogP contribution in [0.5, 0.6) is 0 Å². The summed E-state index contributed by atoms with van der Waals surface area (Å²) in [6.45, 7) is 0. The van der Waals surface area contributed by atoms with Crippen LogP contribution in [0.4, 0.5) is 0 Å². The summed E-state index contributed by atoms with van der Waals surface area (Å²) in [7, 11) is 0. The Morgan fingerprint density at radius 1 is 0.857 bits per heavy atom. The first-order valence-corrected chi connectivity index (χ1v) is 3.70. The summed E-state index contributed by atoms with van der Waals surface area (Å²) < 4.78 is 1.86. The maximum absolute atomic E-state index is 11.6. The molecule has 3 heterocycles. The smallest absolute Gasteiger partial charge is 0.265 e. The van der Waals surface area contributed by atoms with Gasteiger partial charge in [-0.2, -0.15) is 9.03 Å². The summed E-state index contributed by atoms with van der Waals surface area (Å²) in [6, 6.07) is 0. The average molecular weight is 190 g/mol. The van der Waals surface area contributed by atoms with Crippen molar-refractivity contribution in [2.75, 3.05) is 0 Å². The van der Waals surface area contributed by atoms with Gasteiger partial charge in [-0.25, -0.2) is 0 Å². The summed E-state index contributed by atoms with van der Waals surface area (Å²) in [4.78, 5) is 23.2. The zero-order valence-corrected chi connectivity index (χ0v) is 6.65. The molecule has 0 fully saturated rings. The molecule has 0 atom stereocenters. The molecule has 0 unspecified atom stereocenters. The van der Waals surface area contributed by atoms with E-state index in [-0.39, 0.29) is 11.0 Å². The largest absolute Gasteiger partial charge is 0.300 e. The van der Waals surface area contributed by atoms with Gasteiger partial charge in [-0.3, -0.25) is 9.59 Å². The second kappa shape index (κ2) is 2.10. The van der Waals surface area contributed by atoms with Crippen molar-refractivity contribution in [1.82, 2.24) is 29.7 Å². The molecule has 3 aromatic rings. The Bertz CT molecular complexity index is 611. The monoisotopic (exact) mass is 190 g/mol. The van der Waals surface area contributed by atoms with Crippen LogP contribution in [-0.4, -0.2) is 29.7 Å². The predicted molar refractivity (Wildman–Crippen MR) is 43.3 cm³/mol. The molecule has 0 spiro atoms.